The van der Waals surface area contributed by atoms with Crippen molar-refractivity contribution >= 4 is 0 Å². The van der Waals surface area contributed by atoms with E-state index in [1.807, 2.05) is 17.6 Å². The van der Waals surface area contributed by atoms with E-state index in [-0.39, 0.29) is 5.56 Å². The van der Waals surface area contributed by atoms with Gasteiger partial charge in [0.15, 0.2) is 0 Å². The monoisotopic (exact) mass is 220 g/mol. The summed E-state index contributed by atoms with van der Waals surface area (Å²) in [6, 6.07) is 4.88. The molecule has 0 aliphatic heterocycles. The van der Waals surface area contributed by atoms with Crippen molar-refractivity contribution in [3.8, 4) is 0 Å². The average Bonchev–Trinajstić information content (AvgIpc) is 3.00. The molecular formula is C13H20N2O. The zero-order valence-electron chi connectivity index (χ0n) is 10.3. The summed E-state index contributed by atoms with van der Waals surface area (Å²) in [4.78, 5) is 12.2. The van der Waals surface area contributed by atoms with Gasteiger partial charge in [-0.2, -0.15) is 0 Å². The van der Waals surface area contributed by atoms with Gasteiger partial charge < -0.3 is 9.88 Å². The van der Waals surface area contributed by atoms with Gasteiger partial charge in [0.1, 0.15) is 0 Å². The molecule has 0 unspecified atom stereocenters. The van der Waals surface area contributed by atoms with Crippen LogP contribution in [0.4, 0.5) is 0 Å². The molecule has 88 valence electrons. The molecule has 1 aromatic heterocycles. The molecule has 0 atom stereocenters. The molecule has 0 aromatic carbocycles. The lowest BCUT2D eigenvalue weighted by atomic mass is 10.2. The molecule has 0 bridgehead atoms. The lowest BCUT2D eigenvalue weighted by Crippen LogP contribution is -2.30. The van der Waals surface area contributed by atoms with Gasteiger partial charge in [-0.1, -0.05) is 19.9 Å². The highest BCUT2D eigenvalue weighted by Gasteiger charge is 2.26. The van der Waals surface area contributed by atoms with Gasteiger partial charge in [-0.25, -0.2) is 0 Å². The fourth-order valence-corrected chi connectivity index (χ4v) is 1.92. The first-order valence-electron chi connectivity index (χ1n) is 6.04. The van der Waals surface area contributed by atoms with Crippen molar-refractivity contribution in [1.29, 1.82) is 0 Å². The smallest absolute Gasteiger partial charge is 0.255 e. The van der Waals surface area contributed by atoms with Crippen LogP contribution in [0.15, 0.2) is 16.9 Å². The first-order valence-corrected chi connectivity index (χ1v) is 6.04. The topological polar surface area (TPSA) is 34.0 Å². The molecule has 0 radical (unpaired) electrons. The van der Waals surface area contributed by atoms with Crippen LogP contribution in [0.5, 0.6) is 0 Å². The molecule has 0 saturated heterocycles. The van der Waals surface area contributed by atoms with E-state index in [0.717, 1.165) is 24.1 Å². The van der Waals surface area contributed by atoms with E-state index in [4.69, 9.17) is 0 Å². The Morgan fingerprint density at radius 1 is 1.44 bits per heavy atom. The fraction of sp³-hybridized carbons (Fsp3) is 0.615. The van der Waals surface area contributed by atoms with Crippen LogP contribution in [-0.2, 0) is 6.54 Å². The third kappa shape index (κ3) is 2.35. The Labute approximate surface area is 96.5 Å². The fourth-order valence-electron chi connectivity index (χ4n) is 1.92. The molecule has 0 amide bonds. The molecule has 1 saturated carbocycles. The quantitative estimate of drug-likeness (QED) is 0.842. The molecule has 1 fully saturated rings. The third-order valence-corrected chi connectivity index (χ3v) is 3.01. The van der Waals surface area contributed by atoms with Crippen LogP contribution in [0.1, 0.15) is 44.0 Å². The van der Waals surface area contributed by atoms with E-state index in [1.54, 1.807) is 0 Å². The van der Waals surface area contributed by atoms with Crippen molar-refractivity contribution in [2.75, 3.05) is 0 Å². The van der Waals surface area contributed by atoms with Crippen LogP contribution in [0.3, 0.4) is 0 Å². The zero-order chi connectivity index (χ0) is 11.7. The van der Waals surface area contributed by atoms with Gasteiger partial charge in [0.05, 0.1) is 0 Å². The lowest BCUT2D eigenvalue weighted by Gasteiger charge is -2.12. The number of hydrogen-bond acceptors (Lipinski definition) is 2. The number of nitrogens with one attached hydrogen (secondary N) is 1. The van der Waals surface area contributed by atoms with Crippen molar-refractivity contribution in [3.63, 3.8) is 0 Å². The first kappa shape index (κ1) is 11.4. The van der Waals surface area contributed by atoms with E-state index in [9.17, 15) is 4.79 Å². The SMILES string of the molecule is Cc1ccc(CNC(C)C)c(=O)n1C1CC1. The van der Waals surface area contributed by atoms with Crippen molar-refractivity contribution in [3.05, 3.63) is 33.7 Å². The summed E-state index contributed by atoms with van der Waals surface area (Å²) in [5.74, 6) is 0. The summed E-state index contributed by atoms with van der Waals surface area (Å²) in [7, 11) is 0. The molecule has 1 heterocycles. The summed E-state index contributed by atoms with van der Waals surface area (Å²) < 4.78 is 1.96. The molecular weight excluding hydrogens is 200 g/mol. The van der Waals surface area contributed by atoms with Crippen molar-refractivity contribution < 1.29 is 0 Å². The normalized spacial score (nSPS) is 15.8. The molecule has 0 spiro atoms. The zero-order valence-corrected chi connectivity index (χ0v) is 10.3. The minimum atomic E-state index is 0.190. The van der Waals surface area contributed by atoms with E-state index in [1.165, 1.54) is 0 Å². The predicted octanol–water partition coefficient (Wildman–Crippen LogP) is 1.99. The Balaban J connectivity index is 2.26. The second kappa shape index (κ2) is 4.42. The number of pyridine rings is 1. The molecule has 3 heteroatoms. The van der Waals surface area contributed by atoms with Gasteiger partial charge in [-0.3, -0.25) is 4.79 Å². The molecule has 2 rings (SSSR count). The summed E-state index contributed by atoms with van der Waals surface area (Å²) in [6.45, 7) is 6.87. The minimum Gasteiger partial charge on any atom is -0.310 e. The molecule has 3 nitrogen and oxygen atoms in total. The standard InChI is InChI=1S/C13H20N2O/c1-9(2)14-8-11-5-4-10(3)15(13(11)16)12-6-7-12/h4-5,9,12,14H,6-8H2,1-3H3. The second-order valence-electron chi connectivity index (χ2n) is 4.94. The second-order valence-corrected chi connectivity index (χ2v) is 4.94. The van der Waals surface area contributed by atoms with Crippen LogP contribution in [0, 0.1) is 6.92 Å². The van der Waals surface area contributed by atoms with E-state index in [2.05, 4.69) is 25.2 Å². The number of rotatable bonds is 4. The molecule has 1 aliphatic carbocycles. The Hall–Kier alpha value is -1.09. The summed E-state index contributed by atoms with van der Waals surface area (Å²) >= 11 is 0. The van der Waals surface area contributed by atoms with Crippen molar-refractivity contribution in [2.45, 2.75) is 52.2 Å². The number of aromatic nitrogens is 1. The molecule has 16 heavy (non-hydrogen) atoms. The minimum absolute atomic E-state index is 0.190. The molecule has 1 aromatic rings. The lowest BCUT2D eigenvalue weighted by molar-refractivity contribution is 0.576. The van der Waals surface area contributed by atoms with E-state index < -0.39 is 0 Å². The Morgan fingerprint density at radius 2 is 2.12 bits per heavy atom. The molecule has 1 N–H and O–H groups in total. The summed E-state index contributed by atoms with van der Waals surface area (Å²) in [5.41, 5.74) is 2.16. The Morgan fingerprint density at radius 3 is 2.69 bits per heavy atom. The number of nitrogens with zero attached hydrogens (tertiary/aromatic N) is 1. The van der Waals surface area contributed by atoms with E-state index >= 15 is 0 Å². The summed E-state index contributed by atoms with van der Waals surface area (Å²) in [5, 5.41) is 3.30. The highest BCUT2D eigenvalue weighted by Crippen LogP contribution is 2.34. The highest BCUT2D eigenvalue weighted by atomic mass is 16.1. The van der Waals surface area contributed by atoms with Crippen molar-refractivity contribution in [2.24, 2.45) is 0 Å². The highest BCUT2D eigenvalue weighted by molar-refractivity contribution is 5.17. The van der Waals surface area contributed by atoms with Crippen LogP contribution < -0.4 is 10.9 Å². The summed E-state index contributed by atoms with van der Waals surface area (Å²) in [6.07, 6.45) is 2.31. The van der Waals surface area contributed by atoms with Gasteiger partial charge in [0, 0.05) is 29.9 Å². The van der Waals surface area contributed by atoms with Crippen LogP contribution in [0.25, 0.3) is 0 Å². The van der Waals surface area contributed by atoms with E-state index in [0.29, 0.717) is 18.6 Å². The van der Waals surface area contributed by atoms with Gasteiger partial charge in [0.25, 0.3) is 5.56 Å². The average molecular weight is 220 g/mol. The van der Waals surface area contributed by atoms with Gasteiger partial charge in [0.2, 0.25) is 0 Å². The van der Waals surface area contributed by atoms with Gasteiger partial charge >= 0.3 is 0 Å². The maximum absolute atomic E-state index is 12.2. The third-order valence-electron chi connectivity index (χ3n) is 3.01. The maximum atomic E-state index is 12.2. The maximum Gasteiger partial charge on any atom is 0.255 e. The largest absolute Gasteiger partial charge is 0.310 e. The Kier molecular flexibility index (Phi) is 3.15. The number of hydrogen-bond donors (Lipinski definition) is 1. The van der Waals surface area contributed by atoms with Gasteiger partial charge in [-0.15, -0.1) is 0 Å². The van der Waals surface area contributed by atoms with Crippen LogP contribution in [-0.4, -0.2) is 10.6 Å². The van der Waals surface area contributed by atoms with Crippen molar-refractivity contribution in [1.82, 2.24) is 9.88 Å². The predicted molar refractivity (Wildman–Crippen MR) is 65.7 cm³/mol. The van der Waals surface area contributed by atoms with Gasteiger partial charge in [-0.05, 0) is 25.8 Å². The van der Waals surface area contributed by atoms with Crippen LogP contribution >= 0.6 is 0 Å². The Bertz CT molecular complexity index is 430. The molecule has 1 aliphatic rings. The van der Waals surface area contributed by atoms with Crippen LogP contribution in [0.2, 0.25) is 0 Å². The number of aryl methyl sites for hydroxylation is 1. The first-order chi connectivity index (χ1) is 7.59.